The number of hydrogen-bond acceptors (Lipinski definition) is 4. The molecule has 18 heavy (non-hydrogen) atoms. The van der Waals surface area contributed by atoms with Gasteiger partial charge in [-0.2, -0.15) is 0 Å². The van der Waals surface area contributed by atoms with Crippen LogP contribution in [0.25, 0.3) is 0 Å². The van der Waals surface area contributed by atoms with E-state index in [1.54, 1.807) is 0 Å². The number of rotatable bonds is 5. The number of nitrogens with zero attached hydrogens (tertiary/aromatic N) is 3. The highest BCUT2D eigenvalue weighted by atomic mass is 32.2. The summed E-state index contributed by atoms with van der Waals surface area (Å²) in [4.78, 5) is 0. The first-order valence-corrected chi connectivity index (χ1v) is 7.95. The zero-order valence-electron chi connectivity index (χ0n) is 11.4. The van der Waals surface area contributed by atoms with Crippen molar-refractivity contribution < 1.29 is 0 Å². The molecular weight excluding hydrogens is 244 g/mol. The molecule has 5 heteroatoms. The van der Waals surface area contributed by atoms with E-state index in [2.05, 4.69) is 28.6 Å². The van der Waals surface area contributed by atoms with Gasteiger partial charge in [-0.1, -0.05) is 25.1 Å². The number of hydrogen-bond donors (Lipinski definition) is 1. The van der Waals surface area contributed by atoms with Crippen LogP contribution in [0.15, 0.2) is 5.16 Å². The monoisotopic (exact) mass is 268 g/mol. The quantitative estimate of drug-likeness (QED) is 0.892. The van der Waals surface area contributed by atoms with Crippen LogP contribution in [0.4, 0.5) is 0 Å². The molecule has 0 amide bonds. The van der Waals surface area contributed by atoms with Crippen molar-refractivity contribution >= 4 is 11.8 Å². The molecule has 1 aliphatic rings. The van der Waals surface area contributed by atoms with E-state index < -0.39 is 0 Å². The fraction of sp³-hybridized carbons (Fsp3) is 0.846. The standard InChI is InChI=1S/C13H24N4S/c1-3-10-5-7-11(8-6-10)18-13-16-15-12(9-14)17(13)4-2/h10-11H,3-9,14H2,1-2H3. The molecule has 0 unspecified atom stereocenters. The minimum absolute atomic E-state index is 0.476. The van der Waals surface area contributed by atoms with Crippen LogP contribution in [0.3, 0.4) is 0 Å². The van der Waals surface area contributed by atoms with Crippen LogP contribution in [-0.4, -0.2) is 20.0 Å². The first-order chi connectivity index (χ1) is 8.78. The van der Waals surface area contributed by atoms with Gasteiger partial charge < -0.3 is 10.3 Å². The van der Waals surface area contributed by atoms with Crippen molar-refractivity contribution in [3.63, 3.8) is 0 Å². The molecule has 0 saturated heterocycles. The van der Waals surface area contributed by atoms with Crippen molar-refractivity contribution in [1.29, 1.82) is 0 Å². The third kappa shape index (κ3) is 3.06. The summed E-state index contributed by atoms with van der Waals surface area (Å²) in [5.74, 6) is 1.85. The van der Waals surface area contributed by atoms with E-state index in [-0.39, 0.29) is 0 Å². The SMILES string of the molecule is CCC1CCC(Sc2nnc(CN)n2CC)CC1. The van der Waals surface area contributed by atoms with Crippen molar-refractivity contribution in [2.45, 2.75) is 69.4 Å². The number of nitrogens with two attached hydrogens (primary N) is 1. The van der Waals surface area contributed by atoms with Crippen molar-refractivity contribution in [3.05, 3.63) is 5.82 Å². The van der Waals surface area contributed by atoms with Crippen LogP contribution in [0.2, 0.25) is 0 Å². The van der Waals surface area contributed by atoms with Crippen LogP contribution in [0, 0.1) is 5.92 Å². The Kier molecular flexibility index (Phi) is 5.06. The van der Waals surface area contributed by atoms with Crippen molar-refractivity contribution in [1.82, 2.24) is 14.8 Å². The Hall–Kier alpha value is -0.550. The van der Waals surface area contributed by atoms with E-state index in [1.165, 1.54) is 32.1 Å². The zero-order valence-corrected chi connectivity index (χ0v) is 12.2. The molecule has 0 spiro atoms. The van der Waals surface area contributed by atoms with E-state index in [1.807, 2.05) is 11.8 Å². The zero-order chi connectivity index (χ0) is 13.0. The molecule has 1 aromatic heterocycles. The van der Waals surface area contributed by atoms with Gasteiger partial charge in [-0.3, -0.25) is 0 Å². The predicted octanol–water partition coefficient (Wildman–Crippen LogP) is 2.82. The fourth-order valence-corrected chi connectivity index (χ4v) is 3.94. The molecule has 1 aromatic rings. The second-order valence-electron chi connectivity index (χ2n) is 5.02. The van der Waals surface area contributed by atoms with E-state index in [0.29, 0.717) is 11.8 Å². The molecule has 1 heterocycles. The Bertz CT molecular complexity index is 369. The summed E-state index contributed by atoms with van der Waals surface area (Å²) >= 11 is 1.90. The Morgan fingerprint density at radius 3 is 2.50 bits per heavy atom. The molecule has 0 bridgehead atoms. The van der Waals surface area contributed by atoms with Crippen molar-refractivity contribution in [2.75, 3.05) is 0 Å². The number of thioether (sulfide) groups is 1. The summed E-state index contributed by atoms with van der Waals surface area (Å²) in [6.45, 7) is 5.82. The normalized spacial score (nSPS) is 24.4. The maximum Gasteiger partial charge on any atom is 0.191 e. The van der Waals surface area contributed by atoms with Gasteiger partial charge in [0, 0.05) is 11.8 Å². The van der Waals surface area contributed by atoms with E-state index in [0.717, 1.165) is 23.4 Å². The first-order valence-electron chi connectivity index (χ1n) is 7.07. The fourth-order valence-electron chi connectivity index (χ4n) is 2.68. The van der Waals surface area contributed by atoms with Crippen LogP contribution >= 0.6 is 11.8 Å². The van der Waals surface area contributed by atoms with Crippen molar-refractivity contribution in [3.8, 4) is 0 Å². The van der Waals surface area contributed by atoms with E-state index in [4.69, 9.17) is 5.73 Å². The van der Waals surface area contributed by atoms with Gasteiger partial charge in [0.2, 0.25) is 0 Å². The van der Waals surface area contributed by atoms with Crippen LogP contribution < -0.4 is 5.73 Å². The van der Waals surface area contributed by atoms with Gasteiger partial charge in [-0.05, 0) is 38.5 Å². The second kappa shape index (κ2) is 6.57. The molecule has 0 aliphatic heterocycles. The first kappa shape index (κ1) is 13.9. The molecule has 1 fully saturated rings. The molecule has 0 aromatic carbocycles. The molecule has 0 atom stereocenters. The lowest BCUT2D eigenvalue weighted by atomic mass is 9.87. The van der Waals surface area contributed by atoms with Gasteiger partial charge in [0.05, 0.1) is 6.54 Å². The molecule has 4 nitrogen and oxygen atoms in total. The van der Waals surface area contributed by atoms with Gasteiger partial charge in [-0.15, -0.1) is 10.2 Å². The summed E-state index contributed by atoms with van der Waals surface area (Å²) < 4.78 is 2.15. The van der Waals surface area contributed by atoms with Gasteiger partial charge in [0.15, 0.2) is 5.16 Å². The molecule has 0 radical (unpaired) electrons. The topological polar surface area (TPSA) is 56.7 Å². The minimum atomic E-state index is 0.476. The molecular formula is C13H24N4S. The highest BCUT2D eigenvalue weighted by Gasteiger charge is 2.23. The van der Waals surface area contributed by atoms with Gasteiger partial charge >= 0.3 is 0 Å². The third-order valence-electron chi connectivity index (χ3n) is 3.94. The lowest BCUT2D eigenvalue weighted by Crippen LogP contribution is -2.16. The molecule has 1 saturated carbocycles. The Balaban J connectivity index is 1.95. The summed E-state index contributed by atoms with van der Waals surface area (Å²) in [6.07, 6.45) is 6.71. The van der Waals surface area contributed by atoms with Crippen LogP contribution in [0.5, 0.6) is 0 Å². The maximum absolute atomic E-state index is 5.68. The van der Waals surface area contributed by atoms with E-state index >= 15 is 0 Å². The third-order valence-corrected chi connectivity index (χ3v) is 5.25. The smallest absolute Gasteiger partial charge is 0.191 e. The Labute approximate surface area is 114 Å². The molecule has 1 aliphatic carbocycles. The number of aromatic nitrogens is 3. The van der Waals surface area contributed by atoms with E-state index in [9.17, 15) is 0 Å². The average molecular weight is 268 g/mol. The predicted molar refractivity (Wildman–Crippen MR) is 75.5 cm³/mol. The van der Waals surface area contributed by atoms with Gasteiger partial charge in [-0.25, -0.2) is 0 Å². The lowest BCUT2D eigenvalue weighted by Gasteiger charge is -2.26. The van der Waals surface area contributed by atoms with Gasteiger partial charge in [0.25, 0.3) is 0 Å². The summed E-state index contributed by atoms with van der Waals surface area (Å²) in [6, 6.07) is 0. The minimum Gasteiger partial charge on any atom is -0.324 e. The van der Waals surface area contributed by atoms with Crippen LogP contribution in [-0.2, 0) is 13.1 Å². The second-order valence-corrected chi connectivity index (χ2v) is 6.28. The average Bonchev–Trinajstić information content (AvgIpc) is 2.81. The van der Waals surface area contributed by atoms with Crippen molar-refractivity contribution in [2.24, 2.45) is 11.7 Å². The molecule has 2 rings (SSSR count). The van der Waals surface area contributed by atoms with Gasteiger partial charge in [0.1, 0.15) is 5.82 Å². The highest BCUT2D eigenvalue weighted by Crippen LogP contribution is 2.36. The highest BCUT2D eigenvalue weighted by molar-refractivity contribution is 7.99. The largest absolute Gasteiger partial charge is 0.324 e. The van der Waals surface area contributed by atoms with Crippen LogP contribution in [0.1, 0.15) is 51.8 Å². The Morgan fingerprint density at radius 2 is 1.94 bits per heavy atom. The lowest BCUT2D eigenvalue weighted by molar-refractivity contribution is 0.356. The molecule has 102 valence electrons. The summed E-state index contributed by atoms with van der Waals surface area (Å²) in [5, 5.41) is 10.2. The Morgan fingerprint density at radius 1 is 1.22 bits per heavy atom. The summed E-state index contributed by atoms with van der Waals surface area (Å²) in [5.41, 5.74) is 5.68. The summed E-state index contributed by atoms with van der Waals surface area (Å²) in [7, 11) is 0. The molecule has 2 N–H and O–H groups in total. The maximum atomic E-state index is 5.68.